The molecule has 0 rings (SSSR count). The molecule has 0 heterocycles. The Bertz CT molecular complexity index is 1280. The van der Waals surface area contributed by atoms with Crippen LogP contribution >= 0.6 is 0 Å². The van der Waals surface area contributed by atoms with Crippen LogP contribution in [0.25, 0.3) is 0 Å². The van der Waals surface area contributed by atoms with Gasteiger partial charge in [0.2, 0.25) is 0 Å². The lowest BCUT2D eigenvalue weighted by Crippen LogP contribution is -2.30. The van der Waals surface area contributed by atoms with Crippen molar-refractivity contribution >= 4 is 17.9 Å². The summed E-state index contributed by atoms with van der Waals surface area (Å²) in [5.41, 5.74) is 0. The summed E-state index contributed by atoms with van der Waals surface area (Å²) in [6, 6.07) is 0. The lowest BCUT2D eigenvalue weighted by molar-refractivity contribution is -0.166. The molecule has 0 spiro atoms. The highest BCUT2D eigenvalue weighted by atomic mass is 16.6. The van der Waals surface area contributed by atoms with E-state index in [1.165, 1.54) is 77.0 Å². The van der Waals surface area contributed by atoms with Crippen LogP contribution in [0.15, 0.2) is 97.2 Å². The van der Waals surface area contributed by atoms with Gasteiger partial charge in [0.25, 0.3) is 0 Å². The first-order chi connectivity index (χ1) is 31.0. The van der Waals surface area contributed by atoms with Gasteiger partial charge in [0.1, 0.15) is 13.2 Å². The van der Waals surface area contributed by atoms with Crippen LogP contribution in [0.3, 0.4) is 0 Å². The average molecular weight is 875 g/mol. The van der Waals surface area contributed by atoms with Gasteiger partial charge < -0.3 is 14.2 Å². The van der Waals surface area contributed by atoms with Crippen molar-refractivity contribution in [3.8, 4) is 0 Å². The van der Waals surface area contributed by atoms with E-state index in [1.54, 1.807) is 0 Å². The van der Waals surface area contributed by atoms with E-state index in [2.05, 4.69) is 112 Å². The van der Waals surface area contributed by atoms with Gasteiger partial charge >= 0.3 is 17.9 Å². The molecular weight excluding hydrogens is 781 g/mol. The number of ether oxygens (including phenoxy) is 3. The van der Waals surface area contributed by atoms with E-state index >= 15 is 0 Å². The Morgan fingerprint density at radius 3 is 1.11 bits per heavy atom. The first-order valence-electron chi connectivity index (χ1n) is 25.7. The topological polar surface area (TPSA) is 78.9 Å². The second kappa shape index (κ2) is 51.0. The number of unbranched alkanes of at least 4 members (excludes halogenated alkanes) is 18. The van der Waals surface area contributed by atoms with Crippen molar-refractivity contribution in [2.75, 3.05) is 13.2 Å². The average Bonchev–Trinajstić information content (AvgIpc) is 3.28. The number of esters is 3. The predicted molar refractivity (Wildman–Crippen MR) is 270 cm³/mol. The molecule has 0 unspecified atom stereocenters. The van der Waals surface area contributed by atoms with Gasteiger partial charge in [-0.1, -0.05) is 221 Å². The summed E-state index contributed by atoms with van der Waals surface area (Å²) in [7, 11) is 0. The number of rotatable bonds is 45. The third-order valence-corrected chi connectivity index (χ3v) is 10.6. The Kier molecular flexibility index (Phi) is 48.0. The summed E-state index contributed by atoms with van der Waals surface area (Å²) in [5.74, 6) is -1.01. The van der Waals surface area contributed by atoms with Crippen molar-refractivity contribution in [2.24, 2.45) is 0 Å². The first-order valence-corrected chi connectivity index (χ1v) is 25.7. The van der Waals surface area contributed by atoms with Crippen LogP contribution in [0.5, 0.6) is 0 Å². The maximum Gasteiger partial charge on any atom is 0.306 e. The number of hydrogen-bond acceptors (Lipinski definition) is 6. The summed E-state index contributed by atoms with van der Waals surface area (Å²) < 4.78 is 16.7. The van der Waals surface area contributed by atoms with Crippen LogP contribution in [0.1, 0.15) is 226 Å². The molecule has 6 nitrogen and oxygen atoms in total. The maximum atomic E-state index is 12.8. The molecule has 0 saturated heterocycles. The van der Waals surface area contributed by atoms with Crippen LogP contribution in [-0.2, 0) is 28.6 Å². The van der Waals surface area contributed by atoms with Gasteiger partial charge in [0, 0.05) is 19.3 Å². The van der Waals surface area contributed by atoms with Gasteiger partial charge in [0.15, 0.2) is 6.10 Å². The molecule has 0 radical (unpaired) electrons. The summed E-state index contributed by atoms with van der Waals surface area (Å²) >= 11 is 0. The predicted octanol–water partition coefficient (Wildman–Crippen LogP) is 17.0. The second-order valence-electron chi connectivity index (χ2n) is 16.7. The quantitative estimate of drug-likeness (QED) is 0.0262. The fourth-order valence-corrected chi connectivity index (χ4v) is 6.72. The zero-order chi connectivity index (χ0) is 45.8. The Labute approximate surface area is 387 Å². The van der Waals surface area contributed by atoms with Crippen molar-refractivity contribution in [1.82, 2.24) is 0 Å². The fraction of sp³-hybridized carbons (Fsp3) is 0.667. The van der Waals surface area contributed by atoms with E-state index in [0.717, 1.165) is 103 Å². The van der Waals surface area contributed by atoms with Crippen LogP contribution < -0.4 is 0 Å². The molecule has 0 bridgehead atoms. The van der Waals surface area contributed by atoms with Crippen LogP contribution in [0.2, 0.25) is 0 Å². The molecule has 0 saturated carbocycles. The van der Waals surface area contributed by atoms with E-state index in [-0.39, 0.29) is 37.5 Å². The summed E-state index contributed by atoms with van der Waals surface area (Å²) in [6.07, 6.45) is 66.8. The molecule has 0 aliphatic heterocycles. The minimum atomic E-state index is -0.813. The third-order valence-electron chi connectivity index (χ3n) is 10.6. The highest BCUT2D eigenvalue weighted by molar-refractivity contribution is 5.71. The fourth-order valence-electron chi connectivity index (χ4n) is 6.72. The van der Waals surface area contributed by atoms with Crippen LogP contribution in [-0.4, -0.2) is 37.2 Å². The highest BCUT2D eigenvalue weighted by Gasteiger charge is 2.19. The van der Waals surface area contributed by atoms with E-state index in [0.29, 0.717) is 19.3 Å². The number of carbonyl (C=O) groups is 3. The molecule has 1 atom stereocenters. The Hall–Kier alpha value is -3.67. The Morgan fingerprint density at radius 1 is 0.333 bits per heavy atom. The normalized spacial score (nSPS) is 12.9. The van der Waals surface area contributed by atoms with E-state index in [1.807, 2.05) is 6.08 Å². The third kappa shape index (κ3) is 49.2. The summed E-state index contributed by atoms with van der Waals surface area (Å²) in [4.78, 5) is 37.9. The number of allylic oxidation sites excluding steroid dienone is 16. The van der Waals surface area contributed by atoms with Crippen molar-refractivity contribution in [1.29, 1.82) is 0 Å². The van der Waals surface area contributed by atoms with Crippen LogP contribution in [0, 0.1) is 0 Å². The van der Waals surface area contributed by atoms with E-state index in [9.17, 15) is 14.4 Å². The highest BCUT2D eigenvalue weighted by Crippen LogP contribution is 2.14. The molecular formula is C57H94O6. The van der Waals surface area contributed by atoms with Crippen molar-refractivity contribution in [3.63, 3.8) is 0 Å². The molecule has 0 fully saturated rings. The molecule has 0 aromatic carbocycles. The molecule has 0 N–H and O–H groups in total. The molecule has 0 aliphatic carbocycles. The lowest BCUT2D eigenvalue weighted by Gasteiger charge is -2.18. The molecule has 63 heavy (non-hydrogen) atoms. The Morgan fingerprint density at radius 2 is 0.667 bits per heavy atom. The van der Waals surface area contributed by atoms with Gasteiger partial charge in [-0.3, -0.25) is 14.4 Å². The van der Waals surface area contributed by atoms with E-state index < -0.39 is 6.10 Å². The van der Waals surface area contributed by atoms with Gasteiger partial charge in [-0.15, -0.1) is 0 Å². The zero-order valence-corrected chi connectivity index (χ0v) is 40.8. The monoisotopic (exact) mass is 875 g/mol. The summed E-state index contributed by atoms with van der Waals surface area (Å²) in [5, 5.41) is 0. The minimum Gasteiger partial charge on any atom is -0.462 e. The second-order valence-corrected chi connectivity index (χ2v) is 16.7. The SMILES string of the molecule is CC/C=C\C/C=C\C/C=C\C/C=C\C/C=C\C/C=C\CCC(=O)OC[C@@H](COC(=O)CCCCCCCCCCCCCC)OC(=O)CCCCCCC/C=C\C/C=C\CCCC. The first kappa shape index (κ1) is 59.3. The van der Waals surface area contributed by atoms with E-state index in [4.69, 9.17) is 14.2 Å². The molecule has 6 heteroatoms. The minimum absolute atomic E-state index is 0.106. The number of hydrogen-bond donors (Lipinski definition) is 0. The molecule has 0 aromatic heterocycles. The van der Waals surface area contributed by atoms with Crippen molar-refractivity contribution < 1.29 is 28.6 Å². The molecule has 0 amide bonds. The van der Waals surface area contributed by atoms with Crippen molar-refractivity contribution in [3.05, 3.63) is 97.2 Å². The lowest BCUT2D eigenvalue weighted by atomic mass is 10.0. The van der Waals surface area contributed by atoms with Crippen LogP contribution in [0.4, 0.5) is 0 Å². The van der Waals surface area contributed by atoms with Crippen molar-refractivity contribution in [2.45, 2.75) is 232 Å². The van der Waals surface area contributed by atoms with Gasteiger partial charge in [0.05, 0.1) is 0 Å². The van der Waals surface area contributed by atoms with Gasteiger partial charge in [-0.2, -0.15) is 0 Å². The van der Waals surface area contributed by atoms with Gasteiger partial charge in [-0.25, -0.2) is 0 Å². The summed E-state index contributed by atoms with van der Waals surface area (Å²) in [6.45, 7) is 6.39. The standard InChI is InChI=1S/C57H94O6/c1-4-7-10-13-16-19-22-25-27-28-29-30-31-33-35-38-41-44-47-50-56(59)62-53-54(52-61-55(58)49-46-43-40-37-34-24-21-18-15-12-9-6-3)63-57(60)51-48-45-42-39-36-32-26-23-20-17-14-11-8-5-2/h7,10,14,16-17,19,23,25-27,29-30,33,35,41,44,54H,4-6,8-9,11-13,15,18,20-22,24,28,31-32,34,36-40,42-43,45-53H2,1-3H3/b10-7-,17-14-,19-16-,26-23-,27-25-,30-29-,35-33-,44-41-/t54-/m1/s1. The largest absolute Gasteiger partial charge is 0.462 e. The maximum absolute atomic E-state index is 12.8. The molecule has 0 aromatic rings. The zero-order valence-electron chi connectivity index (χ0n) is 40.8. The molecule has 358 valence electrons. The Balaban J connectivity index is 4.52. The van der Waals surface area contributed by atoms with Gasteiger partial charge in [-0.05, 0) is 83.5 Å². The smallest absolute Gasteiger partial charge is 0.306 e. The molecule has 0 aliphatic rings. The number of carbonyl (C=O) groups excluding carboxylic acids is 3.